The lowest BCUT2D eigenvalue weighted by Crippen LogP contribution is -1.99. The normalized spacial score (nSPS) is 12.5. The highest BCUT2D eigenvalue weighted by Crippen LogP contribution is 2.20. The maximum Gasteiger partial charge on any atom is 0.152 e. The molecule has 0 heterocycles. The molecule has 0 aliphatic heterocycles. The Labute approximate surface area is 108 Å². The molecule has 0 saturated carbocycles. The highest BCUT2D eigenvalue weighted by Gasteiger charge is 2.08. The minimum Gasteiger partial charge on any atom is -0.388 e. The van der Waals surface area contributed by atoms with E-state index >= 15 is 0 Å². The molecule has 18 heavy (non-hydrogen) atoms. The summed E-state index contributed by atoms with van der Waals surface area (Å²) >= 11 is 0. The first kappa shape index (κ1) is 12.4. The molecule has 0 N–H and O–H groups in total. The Bertz CT molecular complexity index is 479. The van der Waals surface area contributed by atoms with Crippen LogP contribution in [0.15, 0.2) is 65.8 Å². The lowest BCUT2D eigenvalue weighted by atomic mass is 10.1. The van der Waals surface area contributed by atoms with Crippen LogP contribution in [0.2, 0.25) is 0 Å². The van der Waals surface area contributed by atoms with Crippen LogP contribution in [0.1, 0.15) is 30.6 Å². The molecule has 2 heteroatoms. The van der Waals surface area contributed by atoms with Crippen molar-refractivity contribution in [3.05, 3.63) is 71.8 Å². The molecule has 0 fully saturated rings. The Morgan fingerprint density at radius 3 is 2.22 bits per heavy atom. The zero-order valence-electron chi connectivity index (χ0n) is 10.5. The molecule has 0 saturated heterocycles. The van der Waals surface area contributed by atoms with Crippen molar-refractivity contribution < 1.29 is 4.84 Å². The number of hydrogen-bond donors (Lipinski definition) is 0. The number of hydrogen-bond acceptors (Lipinski definition) is 2. The molecule has 0 spiro atoms. The summed E-state index contributed by atoms with van der Waals surface area (Å²) < 4.78 is 0. The summed E-state index contributed by atoms with van der Waals surface area (Å²) in [6, 6.07) is 20.1. The molecule has 0 bridgehead atoms. The van der Waals surface area contributed by atoms with Crippen LogP contribution in [-0.4, -0.2) is 6.21 Å². The molecule has 2 aromatic carbocycles. The lowest BCUT2D eigenvalue weighted by molar-refractivity contribution is 0.0570. The second-order valence-electron chi connectivity index (χ2n) is 4.06. The monoisotopic (exact) mass is 239 g/mol. The van der Waals surface area contributed by atoms with E-state index in [2.05, 4.69) is 24.2 Å². The molecule has 0 radical (unpaired) electrons. The minimum atomic E-state index is 0.0196. The van der Waals surface area contributed by atoms with Crippen LogP contribution >= 0.6 is 0 Å². The average Bonchev–Trinajstić information content (AvgIpc) is 2.46. The molecule has 2 rings (SSSR count). The Morgan fingerprint density at radius 1 is 1.00 bits per heavy atom. The van der Waals surface area contributed by atoms with E-state index < -0.39 is 0 Å². The molecule has 92 valence electrons. The molecule has 1 unspecified atom stereocenters. The van der Waals surface area contributed by atoms with Gasteiger partial charge in [-0.25, -0.2) is 0 Å². The van der Waals surface area contributed by atoms with Crippen molar-refractivity contribution in [3.63, 3.8) is 0 Å². The zero-order chi connectivity index (χ0) is 12.6. The van der Waals surface area contributed by atoms with Gasteiger partial charge >= 0.3 is 0 Å². The standard InChI is InChI=1S/C16H17NO/c1-2-16(15-11-7-4-8-12-15)18-17-13-14-9-5-3-6-10-14/h3-13,16H,2H2,1H3/b17-13+. The van der Waals surface area contributed by atoms with Gasteiger partial charge in [-0.15, -0.1) is 0 Å². The van der Waals surface area contributed by atoms with Gasteiger partial charge in [-0.2, -0.15) is 0 Å². The Kier molecular flexibility index (Phi) is 4.53. The van der Waals surface area contributed by atoms with Gasteiger partial charge in [-0.1, -0.05) is 72.7 Å². The second kappa shape index (κ2) is 6.60. The average molecular weight is 239 g/mol. The summed E-state index contributed by atoms with van der Waals surface area (Å²) in [5.41, 5.74) is 2.20. The predicted molar refractivity (Wildman–Crippen MR) is 74.6 cm³/mol. The number of nitrogens with zero attached hydrogens (tertiary/aromatic N) is 1. The van der Waals surface area contributed by atoms with Gasteiger partial charge in [0.05, 0.1) is 6.21 Å². The summed E-state index contributed by atoms with van der Waals surface area (Å²) in [6.45, 7) is 2.09. The first-order valence-electron chi connectivity index (χ1n) is 6.19. The Hall–Kier alpha value is -2.09. The van der Waals surface area contributed by atoms with Crippen molar-refractivity contribution in [2.75, 3.05) is 0 Å². The molecule has 2 nitrogen and oxygen atoms in total. The van der Waals surface area contributed by atoms with E-state index in [0.29, 0.717) is 0 Å². The maximum atomic E-state index is 5.55. The van der Waals surface area contributed by atoms with Gasteiger partial charge in [0, 0.05) is 0 Å². The summed E-state index contributed by atoms with van der Waals surface area (Å²) in [4.78, 5) is 5.55. The van der Waals surface area contributed by atoms with Gasteiger partial charge < -0.3 is 4.84 Å². The minimum absolute atomic E-state index is 0.0196. The Balaban J connectivity index is 1.98. The summed E-state index contributed by atoms with van der Waals surface area (Å²) in [7, 11) is 0. The largest absolute Gasteiger partial charge is 0.388 e. The van der Waals surface area contributed by atoms with Crippen LogP contribution in [0.5, 0.6) is 0 Å². The van der Waals surface area contributed by atoms with Crippen LogP contribution in [0, 0.1) is 0 Å². The predicted octanol–water partition coefficient (Wildman–Crippen LogP) is 4.19. The lowest BCUT2D eigenvalue weighted by Gasteiger charge is -2.12. The fourth-order valence-electron chi connectivity index (χ4n) is 1.74. The highest BCUT2D eigenvalue weighted by molar-refractivity contribution is 5.78. The van der Waals surface area contributed by atoms with Crippen molar-refractivity contribution in [2.24, 2.45) is 5.16 Å². The van der Waals surface area contributed by atoms with Gasteiger partial charge in [0.15, 0.2) is 6.10 Å². The van der Waals surface area contributed by atoms with Crippen LogP contribution < -0.4 is 0 Å². The molecule has 2 aromatic rings. The number of benzene rings is 2. The van der Waals surface area contributed by atoms with Crippen LogP contribution in [0.25, 0.3) is 0 Å². The first-order chi connectivity index (χ1) is 8.90. The van der Waals surface area contributed by atoms with Crippen LogP contribution in [0.4, 0.5) is 0 Å². The highest BCUT2D eigenvalue weighted by atomic mass is 16.6. The van der Waals surface area contributed by atoms with Crippen LogP contribution in [-0.2, 0) is 4.84 Å². The topological polar surface area (TPSA) is 21.6 Å². The van der Waals surface area contributed by atoms with Gasteiger partial charge in [-0.05, 0) is 17.5 Å². The first-order valence-corrected chi connectivity index (χ1v) is 6.19. The van der Waals surface area contributed by atoms with Gasteiger partial charge in [0.25, 0.3) is 0 Å². The van der Waals surface area contributed by atoms with E-state index in [9.17, 15) is 0 Å². The van der Waals surface area contributed by atoms with Crippen LogP contribution in [0.3, 0.4) is 0 Å². The van der Waals surface area contributed by atoms with E-state index in [1.165, 1.54) is 0 Å². The third-order valence-corrected chi connectivity index (χ3v) is 2.73. The molecule has 0 aliphatic rings. The third-order valence-electron chi connectivity index (χ3n) is 2.73. The number of rotatable bonds is 5. The van der Waals surface area contributed by atoms with E-state index in [1.807, 2.05) is 48.5 Å². The van der Waals surface area contributed by atoms with Crippen molar-refractivity contribution >= 4 is 6.21 Å². The maximum absolute atomic E-state index is 5.55. The fraction of sp³-hybridized carbons (Fsp3) is 0.188. The molecular weight excluding hydrogens is 222 g/mol. The second-order valence-corrected chi connectivity index (χ2v) is 4.06. The summed E-state index contributed by atoms with van der Waals surface area (Å²) in [5, 5.41) is 4.06. The van der Waals surface area contributed by atoms with Crippen molar-refractivity contribution in [3.8, 4) is 0 Å². The van der Waals surface area contributed by atoms with E-state index in [1.54, 1.807) is 6.21 Å². The molecule has 0 aliphatic carbocycles. The fourth-order valence-corrected chi connectivity index (χ4v) is 1.74. The van der Waals surface area contributed by atoms with Gasteiger partial charge in [-0.3, -0.25) is 0 Å². The SMILES string of the molecule is CCC(O/N=C/c1ccccc1)c1ccccc1. The quantitative estimate of drug-likeness (QED) is 0.566. The van der Waals surface area contributed by atoms with Crippen molar-refractivity contribution in [2.45, 2.75) is 19.4 Å². The van der Waals surface area contributed by atoms with Crippen molar-refractivity contribution in [1.29, 1.82) is 0 Å². The summed E-state index contributed by atoms with van der Waals surface area (Å²) in [6.07, 6.45) is 2.66. The third kappa shape index (κ3) is 3.45. The van der Waals surface area contributed by atoms with E-state index in [-0.39, 0.29) is 6.10 Å². The van der Waals surface area contributed by atoms with Gasteiger partial charge in [0.1, 0.15) is 0 Å². The number of oxime groups is 1. The zero-order valence-corrected chi connectivity index (χ0v) is 10.5. The smallest absolute Gasteiger partial charge is 0.152 e. The molecule has 0 amide bonds. The molecule has 1 atom stereocenters. The van der Waals surface area contributed by atoms with E-state index in [4.69, 9.17) is 4.84 Å². The van der Waals surface area contributed by atoms with E-state index in [0.717, 1.165) is 17.5 Å². The molecular formula is C16H17NO. The van der Waals surface area contributed by atoms with Crippen molar-refractivity contribution in [1.82, 2.24) is 0 Å². The summed E-state index contributed by atoms with van der Waals surface area (Å²) in [5.74, 6) is 0. The molecule has 0 aromatic heterocycles. The van der Waals surface area contributed by atoms with Gasteiger partial charge in [0.2, 0.25) is 0 Å². The Morgan fingerprint density at radius 2 is 1.61 bits per heavy atom.